The summed E-state index contributed by atoms with van der Waals surface area (Å²) in [5, 5.41) is 3.14. The molecule has 1 heterocycles. The Morgan fingerprint density at radius 2 is 2.11 bits per heavy atom. The van der Waals surface area contributed by atoms with Crippen LogP contribution in [0.5, 0.6) is 0 Å². The minimum absolute atomic E-state index is 0.652. The van der Waals surface area contributed by atoms with Gasteiger partial charge in [-0.2, -0.15) is 0 Å². The monoisotopic (exact) mass is 239 g/mol. The van der Waals surface area contributed by atoms with Gasteiger partial charge in [-0.15, -0.1) is 0 Å². The molecule has 1 aliphatic rings. The zero-order chi connectivity index (χ0) is 12.4. The van der Waals surface area contributed by atoms with Crippen molar-refractivity contribution in [3.8, 4) is 11.4 Å². The van der Waals surface area contributed by atoms with Gasteiger partial charge in [0.15, 0.2) is 5.82 Å². The maximum Gasteiger partial charge on any atom is 0.159 e. The predicted molar refractivity (Wildman–Crippen MR) is 73.6 cm³/mol. The van der Waals surface area contributed by atoms with E-state index in [1.54, 1.807) is 0 Å². The Labute approximate surface area is 107 Å². The molecule has 1 saturated carbocycles. The van der Waals surface area contributed by atoms with Gasteiger partial charge in [0.25, 0.3) is 0 Å². The fourth-order valence-electron chi connectivity index (χ4n) is 2.26. The van der Waals surface area contributed by atoms with Gasteiger partial charge in [0.2, 0.25) is 0 Å². The Bertz CT molecular complexity index is 547. The Balaban J connectivity index is 1.94. The normalized spacial score (nSPS) is 15.2. The van der Waals surface area contributed by atoms with Gasteiger partial charge in [0.05, 0.1) is 0 Å². The Hall–Kier alpha value is -1.90. The second-order valence-corrected chi connectivity index (χ2v) is 4.76. The molecule has 0 amide bonds. The average Bonchev–Trinajstić information content (AvgIpc) is 2.37. The highest BCUT2D eigenvalue weighted by molar-refractivity contribution is 5.62. The summed E-state index contributed by atoms with van der Waals surface area (Å²) in [6.07, 6.45) is 5.75. The summed E-state index contributed by atoms with van der Waals surface area (Å²) in [4.78, 5) is 9.09. The van der Waals surface area contributed by atoms with Crippen LogP contribution in [-0.4, -0.2) is 17.0 Å². The lowest BCUT2D eigenvalue weighted by molar-refractivity contribution is 0.411. The third-order valence-electron chi connectivity index (χ3n) is 3.61. The third-order valence-corrected chi connectivity index (χ3v) is 3.61. The largest absolute Gasteiger partial charge is 0.388 e. The van der Waals surface area contributed by atoms with Crippen LogP contribution in [-0.2, 0) is 0 Å². The fraction of sp³-hybridized carbons (Fsp3) is 0.333. The first-order valence-corrected chi connectivity index (χ1v) is 6.48. The molecule has 0 unspecified atom stereocenters. The van der Waals surface area contributed by atoms with E-state index in [4.69, 9.17) is 4.98 Å². The second-order valence-electron chi connectivity index (χ2n) is 4.76. The number of aromatic nitrogens is 2. The lowest BCUT2D eigenvalue weighted by Crippen LogP contribution is -2.11. The van der Waals surface area contributed by atoms with Gasteiger partial charge in [-0.25, -0.2) is 9.97 Å². The molecule has 3 heteroatoms. The molecular formula is C15H17N3. The van der Waals surface area contributed by atoms with E-state index in [0.29, 0.717) is 5.92 Å². The number of benzene rings is 1. The Kier molecular flexibility index (Phi) is 2.97. The minimum atomic E-state index is 0.652. The number of hydrogen-bond donors (Lipinski definition) is 1. The number of rotatable bonds is 3. The quantitative estimate of drug-likeness (QED) is 0.891. The molecular weight excluding hydrogens is 222 g/mol. The first-order chi connectivity index (χ1) is 8.86. The van der Waals surface area contributed by atoms with Crippen molar-refractivity contribution >= 4 is 5.69 Å². The van der Waals surface area contributed by atoms with Gasteiger partial charge in [-0.05, 0) is 31.0 Å². The van der Waals surface area contributed by atoms with Crippen LogP contribution in [0.2, 0.25) is 0 Å². The standard InChI is InChI=1S/C15H17N3/c1-16-13-7-3-6-12(10-13)15-17-9-8-14(18-15)11-4-2-5-11/h3,6-11,16H,2,4-5H2,1H3. The maximum atomic E-state index is 4.70. The van der Waals surface area contributed by atoms with Gasteiger partial charge in [0, 0.05) is 36.1 Å². The first-order valence-electron chi connectivity index (χ1n) is 6.48. The van der Waals surface area contributed by atoms with E-state index >= 15 is 0 Å². The highest BCUT2D eigenvalue weighted by Gasteiger charge is 2.21. The highest BCUT2D eigenvalue weighted by atomic mass is 14.9. The van der Waals surface area contributed by atoms with Crippen LogP contribution in [0.25, 0.3) is 11.4 Å². The van der Waals surface area contributed by atoms with E-state index < -0.39 is 0 Å². The van der Waals surface area contributed by atoms with Crippen molar-refractivity contribution in [2.45, 2.75) is 25.2 Å². The number of nitrogens with one attached hydrogen (secondary N) is 1. The molecule has 1 aromatic heterocycles. The molecule has 18 heavy (non-hydrogen) atoms. The van der Waals surface area contributed by atoms with Crippen molar-refractivity contribution in [2.75, 3.05) is 12.4 Å². The van der Waals surface area contributed by atoms with Gasteiger partial charge in [-0.1, -0.05) is 18.6 Å². The van der Waals surface area contributed by atoms with Gasteiger partial charge < -0.3 is 5.32 Å². The topological polar surface area (TPSA) is 37.8 Å². The van der Waals surface area contributed by atoms with Crippen LogP contribution < -0.4 is 5.32 Å². The summed E-state index contributed by atoms with van der Waals surface area (Å²) < 4.78 is 0. The fourth-order valence-corrected chi connectivity index (χ4v) is 2.26. The zero-order valence-electron chi connectivity index (χ0n) is 10.6. The summed E-state index contributed by atoms with van der Waals surface area (Å²) >= 11 is 0. The summed E-state index contributed by atoms with van der Waals surface area (Å²) in [6.45, 7) is 0. The van der Waals surface area contributed by atoms with Crippen molar-refractivity contribution < 1.29 is 0 Å². The van der Waals surface area contributed by atoms with Crippen LogP contribution in [0.15, 0.2) is 36.5 Å². The number of nitrogens with zero attached hydrogens (tertiary/aromatic N) is 2. The average molecular weight is 239 g/mol. The summed E-state index contributed by atoms with van der Waals surface area (Å²) in [6, 6.07) is 10.3. The van der Waals surface area contributed by atoms with Crippen molar-refractivity contribution in [2.24, 2.45) is 0 Å². The van der Waals surface area contributed by atoms with Gasteiger partial charge >= 0.3 is 0 Å². The molecule has 3 nitrogen and oxygen atoms in total. The Morgan fingerprint density at radius 3 is 2.83 bits per heavy atom. The van der Waals surface area contributed by atoms with E-state index in [-0.39, 0.29) is 0 Å². The van der Waals surface area contributed by atoms with Crippen LogP contribution in [0.1, 0.15) is 30.9 Å². The summed E-state index contributed by atoms with van der Waals surface area (Å²) in [5.41, 5.74) is 3.36. The summed E-state index contributed by atoms with van der Waals surface area (Å²) in [5.74, 6) is 1.48. The minimum Gasteiger partial charge on any atom is -0.388 e. The van der Waals surface area contributed by atoms with Gasteiger partial charge in [0.1, 0.15) is 0 Å². The zero-order valence-corrected chi connectivity index (χ0v) is 10.6. The van der Waals surface area contributed by atoms with Crippen LogP contribution >= 0.6 is 0 Å². The number of hydrogen-bond acceptors (Lipinski definition) is 3. The van der Waals surface area contributed by atoms with E-state index in [0.717, 1.165) is 17.1 Å². The Morgan fingerprint density at radius 1 is 1.22 bits per heavy atom. The van der Waals surface area contributed by atoms with Crippen molar-refractivity contribution in [1.82, 2.24) is 9.97 Å². The van der Waals surface area contributed by atoms with Crippen LogP contribution in [0, 0.1) is 0 Å². The molecule has 0 bridgehead atoms. The van der Waals surface area contributed by atoms with Crippen molar-refractivity contribution in [3.05, 3.63) is 42.2 Å². The summed E-state index contributed by atoms with van der Waals surface area (Å²) in [7, 11) is 1.92. The van der Waals surface area contributed by atoms with E-state index in [9.17, 15) is 0 Å². The molecule has 0 spiro atoms. The van der Waals surface area contributed by atoms with E-state index in [1.807, 2.05) is 25.4 Å². The lowest BCUT2D eigenvalue weighted by atomic mass is 9.83. The van der Waals surface area contributed by atoms with E-state index in [1.165, 1.54) is 25.0 Å². The molecule has 0 radical (unpaired) electrons. The molecule has 0 aliphatic heterocycles. The highest BCUT2D eigenvalue weighted by Crippen LogP contribution is 2.35. The number of anilines is 1. The molecule has 92 valence electrons. The van der Waals surface area contributed by atoms with Crippen molar-refractivity contribution in [1.29, 1.82) is 0 Å². The molecule has 0 atom stereocenters. The van der Waals surface area contributed by atoms with Crippen LogP contribution in [0.4, 0.5) is 5.69 Å². The molecule has 1 fully saturated rings. The first kappa shape index (κ1) is 11.2. The van der Waals surface area contributed by atoms with Crippen molar-refractivity contribution in [3.63, 3.8) is 0 Å². The molecule has 1 N–H and O–H groups in total. The smallest absolute Gasteiger partial charge is 0.159 e. The predicted octanol–water partition coefficient (Wildman–Crippen LogP) is 3.45. The molecule has 1 aromatic carbocycles. The molecule has 0 saturated heterocycles. The van der Waals surface area contributed by atoms with E-state index in [2.05, 4.69) is 28.5 Å². The third kappa shape index (κ3) is 2.08. The molecule has 3 rings (SSSR count). The maximum absolute atomic E-state index is 4.70. The van der Waals surface area contributed by atoms with Gasteiger partial charge in [-0.3, -0.25) is 0 Å². The SMILES string of the molecule is CNc1cccc(-c2nccc(C3CCC3)n2)c1. The van der Waals surface area contributed by atoms with Crippen LogP contribution in [0.3, 0.4) is 0 Å². The molecule has 1 aliphatic carbocycles. The lowest BCUT2D eigenvalue weighted by Gasteiger charge is -2.24. The second kappa shape index (κ2) is 4.77. The molecule has 2 aromatic rings.